The second-order valence-corrected chi connectivity index (χ2v) is 2.91. The lowest BCUT2D eigenvalue weighted by atomic mass is 10.1. The molecule has 0 rings (SSSR count). The van der Waals surface area contributed by atoms with E-state index in [9.17, 15) is 4.79 Å². The molecule has 13 heavy (non-hydrogen) atoms. The van der Waals surface area contributed by atoms with Gasteiger partial charge in [0, 0.05) is 0 Å². The van der Waals surface area contributed by atoms with Crippen molar-refractivity contribution in [3.05, 3.63) is 0 Å². The molecule has 0 saturated heterocycles. The summed E-state index contributed by atoms with van der Waals surface area (Å²) in [4.78, 5) is 10.5. The van der Waals surface area contributed by atoms with Crippen LogP contribution in [-0.2, 0) is 4.79 Å². The fourth-order valence-corrected chi connectivity index (χ4v) is 1.05. The lowest BCUT2D eigenvalue weighted by molar-refractivity contribution is -0.139. The van der Waals surface area contributed by atoms with Gasteiger partial charge >= 0.3 is 5.97 Å². The first kappa shape index (κ1) is 12.5. The molecule has 3 N–H and O–H groups in total. The predicted octanol–water partition coefficient (Wildman–Crippen LogP) is -0.107. The SMILES string of the molecule is [B]NC(CCCCNCC)C(=O)O. The number of nitrogens with one attached hydrogen (secondary N) is 2. The van der Waals surface area contributed by atoms with Crippen LogP contribution in [0.1, 0.15) is 26.2 Å². The molecular formula is C8H17BN2O2. The van der Waals surface area contributed by atoms with E-state index in [0.29, 0.717) is 6.42 Å². The minimum atomic E-state index is -0.883. The quantitative estimate of drug-likeness (QED) is 0.364. The largest absolute Gasteiger partial charge is 0.480 e. The first-order valence-corrected chi connectivity index (χ1v) is 4.62. The average molecular weight is 184 g/mol. The highest BCUT2D eigenvalue weighted by Gasteiger charge is 2.12. The Labute approximate surface area is 80.5 Å². The third-order valence-corrected chi connectivity index (χ3v) is 1.85. The third kappa shape index (κ3) is 6.60. The molecule has 5 heteroatoms. The highest BCUT2D eigenvalue weighted by molar-refractivity contribution is 6.06. The zero-order valence-corrected chi connectivity index (χ0v) is 8.05. The standard InChI is InChI=1S/C8H17BN2O2/c1-2-10-6-4-3-5-7(11-9)8(12)13/h7,10-11H,2-6H2,1H3,(H,12,13). The van der Waals surface area contributed by atoms with Gasteiger partial charge in [-0.15, -0.1) is 0 Å². The van der Waals surface area contributed by atoms with Crippen molar-refractivity contribution in [3.8, 4) is 0 Å². The molecule has 1 atom stereocenters. The number of carbonyl (C=O) groups is 1. The van der Waals surface area contributed by atoms with Crippen LogP contribution >= 0.6 is 0 Å². The van der Waals surface area contributed by atoms with E-state index in [2.05, 4.69) is 10.5 Å². The topological polar surface area (TPSA) is 61.4 Å². The summed E-state index contributed by atoms with van der Waals surface area (Å²) < 4.78 is 0. The van der Waals surface area contributed by atoms with Crippen molar-refractivity contribution < 1.29 is 9.90 Å². The molecule has 0 aliphatic heterocycles. The van der Waals surface area contributed by atoms with E-state index in [1.807, 2.05) is 6.92 Å². The van der Waals surface area contributed by atoms with Gasteiger partial charge in [0.1, 0.15) is 0 Å². The number of carboxylic acid groups (broad SMARTS) is 1. The third-order valence-electron chi connectivity index (χ3n) is 1.85. The molecule has 0 fully saturated rings. The minimum absolute atomic E-state index is 0.581. The van der Waals surface area contributed by atoms with Crippen molar-refractivity contribution in [2.75, 3.05) is 13.1 Å². The van der Waals surface area contributed by atoms with Crippen LogP contribution in [0.25, 0.3) is 0 Å². The van der Waals surface area contributed by atoms with Gasteiger partial charge in [-0.25, -0.2) is 0 Å². The molecule has 0 heterocycles. The van der Waals surface area contributed by atoms with E-state index in [0.717, 1.165) is 25.9 Å². The van der Waals surface area contributed by atoms with Gasteiger partial charge in [0.05, 0.1) is 6.04 Å². The van der Waals surface area contributed by atoms with E-state index in [1.165, 1.54) is 0 Å². The normalized spacial score (nSPS) is 12.7. The van der Waals surface area contributed by atoms with Crippen molar-refractivity contribution in [3.63, 3.8) is 0 Å². The van der Waals surface area contributed by atoms with Crippen molar-refractivity contribution in [1.29, 1.82) is 0 Å². The highest BCUT2D eigenvalue weighted by Crippen LogP contribution is 1.99. The fraction of sp³-hybridized carbons (Fsp3) is 0.875. The zero-order valence-electron chi connectivity index (χ0n) is 8.05. The lowest BCUT2D eigenvalue weighted by Crippen LogP contribution is -2.34. The van der Waals surface area contributed by atoms with E-state index in [1.54, 1.807) is 0 Å². The van der Waals surface area contributed by atoms with Gasteiger partial charge in [-0.1, -0.05) is 13.3 Å². The molecular weight excluding hydrogens is 167 g/mol. The van der Waals surface area contributed by atoms with Crippen molar-refractivity contribution in [2.24, 2.45) is 0 Å². The molecule has 0 aliphatic carbocycles. The number of aliphatic carboxylic acids is 1. The van der Waals surface area contributed by atoms with Gasteiger partial charge in [-0.3, -0.25) is 4.79 Å². The first-order valence-electron chi connectivity index (χ1n) is 4.62. The van der Waals surface area contributed by atoms with Gasteiger partial charge < -0.3 is 15.7 Å². The Morgan fingerprint density at radius 2 is 2.23 bits per heavy atom. The van der Waals surface area contributed by atoms with Crippen LogP contribution in [0, 0.1) is 0 Å². The first-order chi connectivity index (χ1) is 6.22. The Bertz CT molecular complexity index is 144. The fourth-order valence-electron chi connectivity index (χ4n) is 1.05. The summed E-state index contributed by atoms with van der Waals surface area (Å²) in [6.07, 6.45) is 2.44. The lowest BCUT2D eigenvalue weighted by Gasteiger charge is -2.10. The smallest absolute Gasteiger partial charge is 0.319 e. The summed E-state index contributed by atoms with van der Waals surface area (Å²) in [5.41, 5.74) is 0. The Morgan fingerprint density at radius 1 is 1.54 bits per heavy atom. The van der Waals surface area contributed by atoms with Crippen LogP contribution in [0.5, 0.6) is 0 Å². The zero-order chi connectivity index (χ0) is 10.1. The number of unbranched alkanes of at least 4 members (excludes halogenated alkanes) is 1. The molecule has 0 spiro atoms. The number of hydrogen-bond donors (Lipinski definition) is 3. The summed E-state index contributed by atoms with van der Waals surface area (Å²) in [6.45, 7) is 3.94. The summed E-state index contributed by atoms with van der Waals surface area (Å²) in [5, 5.41) is 14.1. The van der Waals surface area contributed by atoms with Gasteiger partial charge in [-0.05, 0) is 25.9 Å². The van der Waals surface area contributed by atoms with Gasteiger partial charge in [0.15, 0.2) is 7.98 Å². The molecule has 0 aromatic heterocycles. The van der Waals surface area contributed by atoms with Gasteiger partial charge in [0.25, 0.3) is 0 Å². The van der Waals surface area contributed by atoms with Crippen molar-refractivity contribution >= 4 is 14.0 Å². The maximum atomic E-state index is 10.5. The Kier molecular flexibility index (Phi) is 7.73. The Balaban J connectivity index is 3.33. The molecule has 0 amide bonds. The molecule has 0 aliphatic rings. The van der Waals surface area contributed by atoms with Crippen LogP contribution in [0.3, 0.4) is 0 Å². The molecule has 4 nitrogen and oxygen atoms in total. The summed E-state index contributed by atoms with van der Waals surface area (Å²) in [7, 11) is 5.07. The summed E-state index contributed by atoms with van der Waals surface area (Å²) >= 11 is 0. The monoisotopic (exact) mass is 184 g/mol. The van der Waals surface area contributed by atoms with E-state index < -0.39 is 12.0 Å². The van der Waals surface area contributed by atoms with E-state index in [-0.39, 0.29) is 0 Å². The molecule has 0 aromatic rings. The summed E-state index contributed by atoms with van der Waals surface area (Å²) in [6, 6.07) is -0.610. The van der Waals surface area contributed by atoms with Crippen molar-refractivity contribution in [1.82, 2.24) is 10.5 Å². The van der Waals surface area contributed by atoms with E-state index >= 15 is 0 Å². The van der Waals surface area contributed by atoms with Crippen LogP contribution in [0.2, 0.25) is 0 Å². The summed E-state index contributed by atoms with van der Waals surface area (Å²) in [5.74, 6) is -0.883. The maximum absolute atomic E-state index is 10.5. The van der Waals surface area contributed by atoms with Crippen LogP contribution in [0.15, 0.2) is 0 Å². The van der Waals surface area contributed by atoms with Crippen LogP contribution < -0.4 is 10.5 Å². The number of rotatable bonds is 8. The molecule has 0 saturated carbocycles. The number of carboxylic acids is 1. The second-order valence-electron chi connectivity index (χ2n) is 2.91. The molecule has 0 aromatic carbocycles. The predicted molar refractivity (Wildman–Crippen MR) is 52.7 cm³/mol. The minimum Gasteiger partial charge on any atom is -0.480 e. The number of hydrogen-bond acceptors (Lipinski definition) is 3. The Morgan fingerprint density at radius 3 is 2.69 bits per heavy atom. The second kappa shape index (κ2) is 8.07. The average Bonchev–Trinajstić information content (AvgIpc) is 2.10. The maximum Gasteiger partial charge on any atom is 0.319 e. The highest BCUT2D eigenvalue weighted by atomic mass is 16.4. The van der Waals surface area contributed by atoms with Crippen molar-refractivity contribution in [2.45, 2.75) is 32.2 Å². The Hall–Kier alpha value is -0.545. The van der Waals surface area contributed by atoms with E-state index in [4.69, 9.17) is 13.1 Å². The van der Waals surface area contributed by atoms with Gasteiger partial charge in [0.2, 0.25) is 0 Å². The van der Waals surface area contributed by atoms with Crippen LogP contribution in [0.4, 0.5) is 0 Å². The molecule has 2 radical (unpaired) electrons. The molecule has 0 bridgehead atoms. The van der Waals surface area contributed by atoms with Crippen LogP contribution in [-0.4, -0.2) is 38.2 Å². The molecule has 74 valence electrons. The molecule has 1 unspecified atom stereocenters. The van der Waals surface area contributed by atoms with Gasteiger partial charge in [-0.2, -0.15) is 0 Å².